The van der Waals surface area contributed by atoms with E-state index < -0.39 is 0 Å². The highest BCUT2D eigenvalue weighted by molar-refractivity contribution is 7.13. The molecule has 0 aromatic carbocycles. The van der Waals surface area contributed by atoms with Crippen LogP contribution in [-0.2, 0) is 6.54 Å². The van der Waals surface area contributed by atoms with Crippen LogP contribution in [0, 0.1) is 0 Å². The predicted molar refractivity (Wildman–Crippen MR) is 85.5 cm³/mol. The smallest absolute Gasteiger partial charge is 0.162 e. The summed E-state index contributed by atoms with van der Waals surface area (Å²) in [4.78, 5) is 9.50. The second-order valence-corrected chi connectivity index (χ2v) is 6.31. The summed E-state index contributed by atoms with van der Waals surface area (Å²) in [5, 5.41) is 6.47. The SMILES string of the molecule is CN(CCN1CCNCC1)Cc1csc(-c2ccco2)n1. The van der Waals surface area contributed by atoms with Gasteiger partial charge in [-0.25, -0.2) is 4.98 Å². The van der Waals surface area contributed by atoms with Crippen molar-refractivity contribution in [1.29, 1.82) is 0 Å². The van der Waals surface area contributed by atoms with Crippen molar-refractivity contribution in [2.75, 3.05) is 46.3 Å². The molecule has 1 aliphatic heterocycles. The molecular weight excluding hydrogens is 284 g/mol. The quantitative estimate of drug-likeness (QED) is 0.881. The van der Waals surface area contributed by atoms with E-state index in [1.165, 1.54) is 0 Å². The van der Waals surface area contributed by atoms with Crippen LogP contribution in [0.5, 0.6) is 0 Å². The lowest BCUT2D eigenvalue weighted by atomic mass is 10.3. The first-order valence-corrected chi connectivity index (χ1v) is 8.29. The molecule has 1 fully saturated rings. The predicted octanol–water partition coefficient (Wildman–Crippen LogP) is 1.74. The average molecular weight is 306 g/mol. The number of aromatic nitrogens is 1. The lowest BCUT2D eigenvalue weighted by molar-refractivity contribution is 0.201. The van der Waals surface area contributed by atoms with Crippen LogP contribution in [0.1, 0.15) is 5.69 Å². The molecule has 0 spiro atoms. The maximum atomic E-state index is 5.39. The number of hydrogen-bond donors (Lipinski definition) is 1. The van der Waals surface area contributed by atoms with Crippen LogP contribution in [0.2, 0.25) is 0 Å². The van der Waals surface area contributed by atoms with E-state index in [9.17, 15) is 0 Å². The van der Waals surface area contributed by atoms with Gasteiger partial charge >= 0.3 is 0 Å². The van der Waals surface area contributed by atoms with E-state index in [-0.39, 0.29) is 0 Å². The summed E-state index contributed by atoms with van der Waals surface area (Å²) in [5.74, 6) is 0.856. The van der Waals surface area contributed by atoms with Gasteiger partial charge in [0.15, 0.2) is 10.8 Å². The maximum Gasteiger partial charge on any atom is 0.162 e. The molecule has 0 unspecified atom stereocenters. The third-order valence-electron chi connectivity index (χ3n) is 3.72. The van der Waals surface area contributed by atoms with Crippen molar-refractivity contribution in [3.05, 3.63) is 29.5 Å². The molecule has 3 rings (SSSR count). The van der Waals surface area contributed by atoms with E-state index in [0.29, 0.717) is 0 Å². The fourth-order valence-corrected chi connectivity index (χ4v) is 3.27. The molecule has 2 aromatic heterocycles. The lowest BCUT2D eigenvalue weighted by Gasteiger charge is -2.28. The van der Waals surface area contributed by atoms with Gasteiger partial charge in [-0.2, -0.15) is 0 Å². The Labute approximate surface area is 129 Å². The van der Waals surface area contributed by atoms with Crippen LogP contribution in [0.4, 0.5) is 0 Å². The molecule has 1 saturated heterocycles. The molecule has 1 aliphatic rings. The van der Waals surface area contributed by atoms with Crippen LogP contribution >= 0.6 is 11.3 Å². The maximum absolute atomic E-state index is 5.39. The monoisotopic (exact) mass is 306 g/mol. The van der Waals surface area contributed by atoms with Crippen molar-refractivity contribution in [3.8, 4) is 10.8 Å². The van der Waals surface area contributed by atoms with Crippen LogP contribution in [0.15, 0.2) is 28.2 Å². The zero-order chi connectivity index (χ0) is 14.5. The summed E-state index contributed by atoms with van der Waals surface area (Å²) < 4.78 is 5.39. The molecule has 21 heavy (non-hydrogen) atoms. The number of nitrogens with zero attached hydrogens (tertiary/aromatic N) is 3. The molecule has 0 radical (unpaired) electrons. The molecule has 2 aromatic rings. The van der Waals surface area contributed by atoms with E-state index in [1.807, 2.05) is 12.1 Å². The minimum Gasteiger partial charge on any atom is -0.462 e. The minimum absolute atomic E-state index is 0.856. The molecule has 114 valence electrons. The van der Waals surface area contributed by atoms with Crippen molar-refractivity contribution < 1.29 is 4.42 Å². The van der Waals surface area contributed by atoms with Gasteiger partial charge in [-0.15, -0.1) is 11.3 Å². The van der Waals surface area contributed by atoms with E-state index in [1.54, 1.807) is 17.6 Å². The van der Waals surface area contributed by atoms with Gasteiger partial charge in [0.25, 0.3) is 0 Å². The van der Waals surface area contributed by atoms with Crippen LogP contribution in [-0.4, -0.2) is 61.1 Å². The highest BCUT2D eigenvalue weighted by Gasteiger charge is 2.12. The summed E-state index contributed by atoms with van der Waals surface area (Å²) >= 11 is 1.65. The Kier molecular flexibility index (Phi) is 5.03. The minimum atomic E-state index is 0.856. The Morgan fingerprint density at radius 2 is 2.29 bits per heavy atom. The number of likely N-dealkylation sites (N-methyl/N-ethyl adjacent to an activating group) is 1. The largest absolute Gasteiger partial charge is 0.462 e. The number of thiazole rings is 1. The number of furan rings is 1. The first kappa shape index (κ1) is 14.7. The van der Waals surface area contributed by atoms with Gasteiger partial charge in [0.2, 0.25) is 0 Å². The van der Waals surface area contributed by atoms with Gasteiger partial charge < -0.3 is 9.73 Å². The topological polar surface area (TPSA) is 44.5 Å². The van der Waals surface area contributed by atoms with Crippen molar-refractivity contribution >= 4 is 11.3 Å². The van der Waals surface area contributed by atoms with E-state index in [2.05, 4.69) is 32.5 Å². The van der Waals surface area contributed by atoms with Crippen molar-refractivity contribution in [1.82, 2.24) is 20.1 Å². The number of nitrogens with one attached hydrogen (secondary N) is 1. The lowest BCUT2D eigenvalue weighted by Crippen LogP contribution is -2.45. The third kappa shape index (κ3) is 4.14. The summed E-state index contributed by atoms with van der Waals surface area (Å²) in [7, 11) is 2.16. The van der Waals surface area contributed by atoms with Gasteiger partial charge in [-0.1, -0.05) is 0 Å². The molecule has 3 heterocycles. The summed E-state index contributed by atoms with van der Waals surface area (Å²) in [6, 6.07) is 3.85. The van der Waals surface area contributed by atoms with Gasteiger partial charge in [0.1, 0.15) is 0 Å². The van der Waals surface area contributed by atoms with Gasteiger partial charge in [-0.05, 0) is 19.2 Å². The van der Waals surface area contributed by atoms with Crippen molar-refractivity contribution in [2.24, 2.45) is 0 Å². The van der Waals surface area contributed by atoms with Crippen LogP contribution in [0.25, 0.3) is 10.8 Å². The molecule has 0 bridgehead atoms. The molecule has 0 saturated carbocycles. The Bertz CT molecular complexity index is 534. The molecule has 1 N–H and O–H groups in total. The van der Waals surface area contributed by atoms with Crippen LogP contribution in [0.3, 0.4) is 0 Å². The van der Waals surface area contributed by atoms with E-state index in [0.717, 1.165) is 62.3 Å². The first-order valence-electron chi connectivity index (χ1n) is 7.41. The van der Waals surface area contributed by atoms with Crippen molar-refractivity contribution in [2.45, 2.75) is 6.54 Å². The Morgan fingerprint density at radius 3 is 3.05 bits per heavy atom. The standard InChI is InChI=1S/C15H22N4OS/c1-18(8-9-19-6-4-16-5-7-19)11-13-12-21-15(17-13)14-3-2-10-20-14/h2-3,10,12,16H,4-9,11H2,1H3. The van der Waals surface area contributed by atoms with Gasteiger partial charge in [0.05, 0.1) is 12.0 Å². The highest BCUT2D eigenvalue weighted by Crippen LogP contribution is 2.24. The normalized spacial score (nSPS) is 16.7. The van der Waals surface area contributed by atoms with Gasteiger partial charge in [0, 0.05) is 51.2 Å². The Hall–Kier alpha value is -1.21. The van der Waals surface area contributed by atoms with E-state index in [4.69, 9.17) is 4.42 Å². The molecule has 0 atom stereocenters. The highest BCUT2D eigenvalue weighted by atomic mass is 32.1. The number of piperazine rings is 1. The molecule has 6 heteroatoms. The summed E-state index contributed by atoms with van der Waals surface area (Å²) in [6.45, 7) is 7.65. The number of rotatable bonds is 6. The zero-order valence-corrected chi connectivity index (χ0v) is 13.2. The molecule has 0 amide bonds. The zero-order valence-electron chi connectivity index (χ0n) is 12.4. The summed E-state index contributed by atoms with van der Waals surface area (Å²) in [6.07, 6.45) is 1.69. The molecule has 0 aliphatic carbocycles. The Morgan fingerprint density at radius 1 is 1.43 bits per heavy atom. The molecular formula is C15H22N4OS. The third-order valence-corrected chi connectivity index (χ3v) is 4.63. The van der Waals surface area contributed by atoms with Crippen molar-refractivity contribution in [3.63, 3.8) is 0 Å². The van der Waals surface area contributed by atoms with E-state index >= 15 is 0 Å². The second kappa shape index (κ2) is 7.17. The number of hydrogen-bond acceptors (Lipinski definition) is 6. The fraction of sp³-hybridized carbons (Fsp3) is 0.533. The fourth-order valence-electron chi connectivity index (χ4n) is 2.50. The first-order chi connectivity index (χ1) is 10.3. The van der Waals surface area contributed by atoms with Crippen LogP contribution < -0.4 is 5.32 Å². The summed E-state index contributed by atoms with van der Waals surface area (Å²) in [5.41, 5.74) is 1.12. The average Bonchev–Trinajstić information content (AvgIpc) is 3.17. The Balaban J connectivity index is 1.47. The molecule has 5 nitrogen and oxygen atoms in total. The second-order valence-electron chi connectivity index (χ2n) is 5.45. The van der Waals surface area contributed by atoms with Gasteiger partial charge in [-0.3, -0.25) is 9.80 Å².